The van der Waals surface area contributed by atoms with E-state index in [4.69, 9.17) is 4.74 Å². The first-order valence-corrected chi connectivity index (χ1v) is 7.28. The third-order valence-corrected chi connectivity index (χ3v) is 3.89. The molecule has 1 fully saturated rings. The standard InChI is InChI=1S/C16H24FNO/c1-12-6-7-14(11-16(12)17)13(2)18-9-8-15-5-3-4-10-19-15/h6-7,11,13,15,18H,3-5,8-10H2,1-2H3. The van der Waals surface area contributed by atoms with Gasteiger partial charge in [-0.3, -0.25) is 0 Å². The fraction of sp³-hybridized carbons (Fsp3) is 0.625. The van der Waals surface area contributed by atoms with Gasteiger partial charge in [-0.25, -0.2) is 4.39 Å². The van der Waals surface area contributed by atoms with Crippen molar-refractivity contribution >= 4 is 0 Å². The number of halogens is 1. The van der Waals surface area contributed by atoms with Gasteiger partial charge < -0.3 is 10.1 Å². The highest BCUT2D eigenvalue weighted by Crippen LogP contribution is 2.18. The van der Waals surface area contributed by atoms with Crippen molar-refractivity contribution in [2.45, 2.75) is 51.7 Å². The Hall–Kier alpha value is -0.930. The zero-order valence-electron chi connectivity index (χ0n) is 11.9. The third-order valence-electron chi connectivity index (χ3n) is 3.89. The Labute approximate surface area is 115 Å². The molecule has 106 valence electrons. The van der Waals surface area contributed by atoms with Crippen molar-refractivity contribution in [3.8, 4) is 0 Å². The summed E-state index contributed by atoms with van der Waals surface area (Å²) in [5, 5.41) is 3.45. The minimum absolute atomic E-state index is 0.123. The van der Waals surface area contributed by atoms with Crippen molar-refractivity contribution in [3.63, 3.8) is 0 Å². The molecule has 1 N–H and O–H groups in total. The van der Waals surface area contributed by atoms with Gasteiger partial charge in [0, 0.05) is 12.6 Å². The molecule has 0 aromatic heterocycles. The van der Waals surface area contributed by atoms with Gasteiger partial charge in [0.25, 0.3) is 0 Å². The SMILES string of the molecule is Cc1ccc(C(C)NCCC2CCCCO2)cc1F. The Kier molecular flexibility index (Phi) is 5.34. The Morgan fingerprint density at radius 2 is 2.26 bits per heavy atom. The summed E-state index contributed by atoms with van der Waals surface area (Å²) in [5.41, 5.74) is 1.71. The smallest absolute Gasteiger partial charge is 0.126 e. The number of ether oxygens (including phenoxy) is 1. The molecule has 19 heavy (non-hydrogen) atoms. The van der Waals surface area contributed by atoms with E-state index in [1.807, 2.05) is 12.1 Å². The molecule has 2 nitrogen and oxygen atoms in total. The Morgan fingerprint density at radius 3 is 2.95 bits per heavy atom. The molecule has 0 radical (unpaired) electrons. The van der Waals surface area contributed by atoms with Gasteiger partial charge in [-0.15, -0.1) is 0 Å². The van der Waals surface area contributed by atoms with Gasteiger partial charge in [0.2, 0.25) is 0 Å². The van der Waals surface area contributed by atoms with Crippen LogP contribution < -0.4 is 5.32 Å². The topological polar surface area (TPSA) is 21.3 Å². The van der Waals surface area contributed by atoms with Gasteiger partial charge in [0.05, 0.1) is 6.10 Å². The summed E-state index contributed by atoms with van der Waals surface area (Å²) in [6.45, 7) is 5.69. The molecular formula is C16H24FNO. The zero-order chi connectivity index (χ0) is 13.7. The van der Waals surface area contributed by atoms with E-state index in [2.05, 4.69) is 12.2 Å². The van der Waals surface area contributed by atoms with Crippen LogP contribution >= 0.6 is 0 Å². The summed E-state index contributed by atoms with van der Waals surface area (Å²) >= 11 is 0. The molecule has 1 aromatic carbocycles. The maximum atomic E-state index is 13.5. The van der Waals surface area contributed by atoms with E-state index in [1.54, 1.807) is 13.0 Å². The normalized spacial score (nSPS) is 21.3. The molecule has 1 aliphatic heterocycles. The predicted molar refractivity (Wildman–Crippen MR) is 75.8 cm³/mol. The average Bonchev–Trinajstić information content (AvgIpc) is 2.43. The number of hydrogen-bond donors (Lipinski definition) is 1. The van der Waals surface area contributed by atoms with Crippen LogP contribution in [-0.2, 0) is 4.74 Å². The van der Waals surface area contributed by atoms with Crippen LogP contribution in [0.4, 0.5) is 4.39 Å². The first-order chi connectivity index (χ1) is 9.16. The molecule has 1 aliphatic rings. The van der Waals surface area contributed by atoms with Crippen LogP contribution in [0.3, 0.4) is 0 Å². The molecule has 2 atom stereocenters. The van der Waals surface area contributed by atoms with E-state index in [0.717, 1.165) is 25.1 Å². The van der Waals surface area contributed by atoms with Crippen LogP contribution in [-0.4, -0.2) is 19.3 Å². The largest absolute Gasteiger partial charge is 0.378 e. The number of aryl methyl sites for hydroxylation is 1. The Bertz CT molecular complexity index is 402. The fourth-order valence-electron chi connectivity index (χ4n) is 2.49. The van der Waals surface area contributed by atoms with Gasteiger partial charge >= 0.3 is 0 Å². The first kappa shape index (κ1) is 14.5. The van der Waals surface area contributed by atoms with Crippen LogP contribution in [0.2, 0.25) is 0 Å². The van der Waals surface area contributed by atoms with Crippen molar-refractivity contribution in [2.24, 2.45) is 0 Å². The summed E-state index contributed by atoms with van der Waals surface area (Å²) < 4.78 is 19.2. The lowest BCUT2D eigenvalue weighted by atomic mass is 10.0. The number of rotatable bonds is 5. The van der Waals surface area contributed by atoms with Gasteiger partial charge in [-0.05, 0) is 63.3 Å². The first-order valence-electron chi connectivity index (χ1n) is 7.28. The van der Waals surface area contributed by atoms with E-state index >= 15 is 0 Å². The summed E-state index contributed by atoms with van der Waals surface area (Å²) in [6.07, 6.45) is 5.10. The molecule has 0 amide bonds. The summed E-state index contributed by atoms with van der Waals surface area (Å²) in [4.78, 5) is 0. The van der Waals surface area contributed by atoms with E-state index in [1.165, 1.54) is 19.3 Å². The van der Waals surface area contributed by atoms with Gasteiger partial charge in [0.15, 0.2) is 0 Å². The zero-order valence-corrected chi connectivity index (χ0v) is 11.9. The highest BCUT2D eigenvalue weighted by atomic mass is 19.1. The molecule has 0 bridgehead atoms. The molecule has 3 heteroatoms. The van der Waals surface area contributed by atoms with E-state index in [-0.39, 0.29) is 11.9 Å². The molecule has 0 saturated carbocycles. The Morgan fingerprint density at radius 1 is 1.42 bits per heavy atom. The maximum Gasteiger partial charge on any atom is 0.126 e. The van der Waals surface area contributed by atoms with Gasteiger partial charge in [-0.1, -0.05) is 12.1 Å². The maximum absolute atomic E-state index is 13.5. The molecule has 1 saturated heterocycles. The summed E-state index contributed by atoms with van der Waals surface area (Å²) in [7, 11) is 0. The van der Waals surface area contributed by atoms with E-state index in [9.17, 15) is 4.39 Å². The van der Waals surface area contributed by atoms with Gasteiger partial charge in [-0.2, -0.15) is 0 Å². The van der Waals surface area contributed by atoms with Crippen LogP contribution in [0.15, 0.2) is 18.2 Å². The van der Waals surface area contributed by atoms with Crippen LogP contribution in [0.25, 0.3) is 0 Å². The average molecular weight is 265 g/mol. The second-order valence-corrected chi connectivity index (χ2v) is 5.46. The molecular weight excluding hydrogens is 241 g/mol. The number of hydrogen-bond acceptors (Lipinski definition) is 2. The quantitative estimate of drug-likeness (QED) is 0.875. The second kappa shape index (κ2) is 7.01. The van der Waals surface area contributed by atoms with Crippen molar-refractivity contribution in [1.29, 1.82) is 0 Å². The van der Waals surface area contributed by atoms with Crippen molar-refractivity contribution in [2.75, 3.05) is 13.2 Å². The lowest BCUT2D eigenvalue weighted by Crippen LogP contribution is -2.27. The van der Waals surface area contributed by atoms with E-state index < -0.39 is 0 Å². The monoisotopic (exact) mass is 265 g/mol. The molecule has 1 heterocycles. The molecule has 2 rings (SSSR count). The summed E-state index contributed by atoms with van der Waals surface area (Å²) in [6, 6.07) is 5.64. The predicted octanol–water partition coefficient (Wildman–Crippen LogP) is 3.74. The van der Waals surface area contributed by atoms with Crippen LogP contribution in [0.5, 0.6) is 0 Å². The lowest BCUT2D eigenvalue weighted by Gasteiger charge is -2.23. The molecule has 2 unspecified atom stereocenters. The molecule has 1 aromatic rings. The third kappa shape index (κ3) is 4.29. The van der Waals surface area contributed by atoms with Crippen LogP contribution in [0, 0.1) is 12.7 Å². The van der Waals surface area contributed by atoms with Crippen molar-refractivity contribution < 1.29 is 9.13 Å². The van der Waals surface area contributed by atoms with E-state index in [0.29, 0.717) is 11.7 Å². The fourth-order valence-corrected chi connectivity index (χ4v) is 2.49. The Balaban J connectivity index is 1.76. The molecule has 0 spiro atoms. The van der Waals surface area contributed by atoms with Crippen molar-refractivity contribution in [1.82, 2.24) is 5.32 Å². The number of nitrogens with one attached hydrogen (secondary N) is 1. The highest BCUT2D eigenvalue weighted by Gasteiger charge is 2.14. The minimum atomic E-state index is -0.123. The number of benzene rings is 1. The lowest BCUT2D eigenvalue weighted by molar-refractivity contribution is 0.0112. The second-order valence-electron chi connectivity index (χ2n) is 5.46. The minimum Gasteiger partial charge on any atom is -0.378 e. The highest BCUT2D eigenvalue weighted by molar-refractivity contribution is 5.25. The van der Waals surface area contributed by atoms with Crippen LogP contribution in [0.1, 0.15) is 49.8 Å². The van der Waals surface area contributed by atoms with Gasteiger partial charge in [0.1, 0.15) is 5.82 Å². The molecule has 0 aliphatic carbocycles. The van der Waals surface area contributed by atoms with Crippen molar-refractivity contribution in [3.05, 3.63) is 35.1 Å². The summed E-state index contributed by atoms with van der Waals surface area (Å²) in [5.74, 6) is -0.123.